The number of nitrogens with one attached hydrogen (secondary N) is 1. The lowest BCUT2D eigenvalue weighted by molar-refractivity contribution is -0.148. The molecule has 1 saturated carbocycles. The molecule has 0 radical (unpaired) electrons. The Bertz CT molecular complexity index is 2110. The van der Waals surface area contributed by atoms with Gasteiger partial charge in [-0.2, -0.15) is 0 Å². The molecule has 3 aromatic rings. The minimum Gasteiger partial charge on any atom is -0.497 e. The van der Waals surface area contributed by atoms with Gasteiger partial charge in [-0.05, 0) is 55.6 Å². The SMILES string of the molecule is C=C[C@@H]1C[C@]1(CC(=O)[C@@H]1C[C@@H](Oc2cc(-c3ccccc3)nc3cc(OC)ccc23)CN1C(=O)[C@@H](CC(=O)N1CCCCC1)C(C)(C)C)C(=O)NS(=O)(=O)CCC. The van der Waals surface area contributed by atoms with Crippen LogP contribution >= 0.6 is 0 Å². The molecule has 3 heterocycles. The molecule has 3 aliphatic rings. The number of carbonyl (C=O) groups is 4. The molecule has 1 aromatic heterocycles. The molecule has 1 N–H and O–H groups in total. The summed E-state index contributed by atoms with van der Waals surface area (Å²) in [6, 6.07) is 16.1. The molecule has 2 aliphatic heterocycles. The molecular weight excluding hydrogens is 745 g/mol. The molecule has 2 saturated heterocycles. The Hall–Kier alpha value is -4.78. The van der Waals surface area contributed by atoms with Crippen LogP contribution in [0.3, 0.4) is 0 Å². The molecule has 3 amide bonds. The average Bonchev–Trinajstić information content (AvgIpc) is 3.75. The number of carbonyl (C=O) groups excluding carboxylic acids is 4. The maximum atomic E-state index is 14.9. The minimum absolute atomic E-state index is 0.00268. The van der Waals surface area contributed by atoms with Crippen molar-refractivity contribution in [2.45, 2.75) is 91.2 Å². The molecule has 13 heteroatoms. The van der Waals surface area contributed by atoms with Crippen LogP contribution in [0.1, 0.15) is 79.1 Å². The number of hydrogen-bond donors (Lipinski definition) is 1. The zero-order valence-electron chi connectivity index (χ0n) is 33.8. The Kier molecular flexibility index (Phi) is 12.5. The Morgan fingerprint density at radius 1 is 1.05 bits per heavy atom. The molecular formula is C44H56N4O8S. The summed E-state index contributed by atoms with van der Waals surface area (Å²) in [5.74, 6) is -1.73. The molecule has 3 fully saturated rings. The van der Waals surface area contributed by atoms with Gasteiger partial charge in [-0.3, -0.25) is 23.9 Å². The van der Waals surface area contributed by atoms with Crippen molar-refractivity contribution in [3.05, 3.63) is 67.3 Å². The summed E-state index contributed by atoms with van der Waals surface area (Å²) in [6.45, 7) is 12.7. The van der Waals surface area contributed by atoms with Gasteiger partial charge >= 0.3 is 0 Å². The predicted molar refractivity (Wildman–Crippen MR) is 219 cm³/mol. The van der Waals surface area contributed by atoms with Crippen LogP contribution in [-0.4, -0.2) is 91.3 Å². The minimum atomic E-state index is -3.90. The van der Waals surface area contributed by atoms with E-state index in [1.54, 1.807) is 25.0 Å². The Morgan fingerprint density at radius 3 is 2.40 bits per heavy atom. The van der Waals surface area contributed by atoms with Crippen molar-refractivity contribution >= 4 is 44.4 Å². The molecule has 306 valence electrons. The number of allylic oxidation sites excluding steroid dienone is 1. The van der Waals surface area contributed by atoms with Crippen molar-refractivity contribution in [1.29, 1.82) is 0 Å². The lowest BCUT2D eigenvalue weighted by Gasteiger charge is -2.36. The largest absolute Gasteiger partial charge is 0.497 e. The fourth-order valence-corrected chi connectivity index (χ4v) is 9.48. The van der Waals surface area contributed by atoms with Gasteiger partial charge in [0.15, 0.2) is 5.78 Å². The number of ether oxygens (including phenoxy) is 2. The van der Waals surface area contributed by atoms with E-state index >= 15 is 0 Å². The molecule has 0 unspecified atom stereocenters. The van der Waals surface area contributed by atoms with Crippen LogP contribution in [0.5, 0.6) is 11.5 Å². The number of Topliss-reactive ketones (excluding diaryl/α,β-unsaturated/α-hetero) is 1. The van der Waals surface area contributed by atoms with Crippen LogP contribution in [-0.2, 0) is 29.2 Å². The second-order valence-electron chi connectivity index (χ2n) is 16.9. The highest BCUT2D eigenvalue weighted by Crippen LogP contribution is 2.57. The fourth-order valence-electron chi connectivity index (χ4n) is 8.36. The van der Waals surface area contributed by atoms with Crippen molar-refractivity contribution in [1.82, 2.24) is 19.5 Å². The van der Waals surface area contributed by atoms with E-state index < -0.39 is 50.7 Å². The number of benzene rings is 2. The molecule has 1 aliphatic carbocycles. The molecule has 12 nitrogen and oxygen atoms in total. The zero-order chi connectivity index (χ0) is 41.1. The van der Waals surface area contributed by atoms with Crippen molar-refractivity contribution < 1.29 is 37.1 Å². The van der Waals surface area contributed by atoms with Crippen molar-refractivity contribution in [2.24, 2.45) is 22.7 Å². The second-order valence-corrected chi connectivity index (χ2v) is 18.7. The van der Waals surface area contributed by atoms with E-state index in [4.69, 9.17) is 14.5 Å². The highest BCUT2D eigenvalue weighted by atomic mass is 32.2. The topological polar surface area (TPSA) is 152 Å². The standard InChI is InChI=1S/C44H56N4O8S/c1-7-21-57(53,54)46-42(52)44(26-30(44)8-2)27-38(49)37-23-32(28-48(37)41(51)34(43(3,4)5)24-40(50)47-19-13-10-14-20-47)56-39-25-35(29-15-11-9-12-16-29)45-36-22-31(55-6)17-18-33(36)39/h8-9,11-12,15-18,22,25,30,32,34,37H,2,7,10,13-14,19-21,23-24,26-28H2,1,3-6H3,(H,46,52)/t30-,32-,34-,37+,44-/m1/s1. The van der Waals surface area contributed by atoms with Gasteiger partial charge in [0, 0.05) is 55.4 Å². The lowest BCUT2D eigenvalue weighted by atomic mass is 9.77. The van der Waals surface area contributed by atoms with Gasteiger partial charge in [-0.15, -0.1) is 6.58 Å². The third kappa shape index (κ3) is 9.35. The highest BCUT2D eigenvalue weighted by molar-refractivity contribution is 7.90. The highest BCUT2D eigenvalue weighted by Gasteiger charge is 2.61. The smallest absolute Gasteiger partial charge is 0.240 e. The van der Waals surface area contributed by atoms with Crippen LogP contribution < -0.4 is 14.2 Å². The third-order valence-corrected chi connectivity index (χ3v) is 13.2. The maximum Gasteiger partial charge on any atom is 0.240 e. The first kappa shape index (κ1) is 41.8. The molecule has 0 spiro atoms. The number of aromatic nitrogens is 1. The quantitative estimate of drug-likeness (QED) is 0.174. The average molecular weight is 801 g/mol. The number of fused-ring (bicyclic) bond motifs is 1. The summed E-state index contributed by atoms with van der Waals surface area (Å²) in [4.78, 5) is 65.1. The van der Waals surface area contributed by atoms with E-state index in [1.165, 1.54) is 0 Å². The van der Waals surface area contributed by atoms with Gasteiger partial charge < -0.3 is 19.3 Å². The van der Waals surface area contributed by atoms with Gasteiger partial charge in [-0.25, -0.2) is 13.4 Å². The first-order valence-corrected chi connectivity index (χ1v) is 21.7. The summed E-state index contributed by atoms with van der Waals surface area (Å²) in [5.41, 5.74) is 0.263. The Labute approximate surface area is 336 Å². The van der Waals surface area contributed by atoms with Gasteiger partial charge in [0.2, 0.25) is 27.7 Å². The molecule has 5 atom stereocenters. The predicted octanol–water partition coefficient (Wildman–Crippen LogP) is 6.33. The van der Waals surface area contributed by atoms with Crippen LogP contribution in [0.2, 0.25) is 0 Å². The monoisotopic (exact) mass is 800 g/mol. The van der Waals surface area contributed by atoms with Gasteiger partial charge in [0.25, 0.3) is 0 Å². The summed E-state index contributed by atoms with van der Waals surface area (Å²) < 4.78 is 39.8. The number of ketones is 1. The number of hydrogen-bond acceptors (Lipinski definition) is 9. The van der Waals surface area contributed by atoms with Gasteiger partial charge in [0.05, 0.1) is 48.0 Å². The third-order valence-electron chi connectivity index (χ3n) is 11.8. The lowest BCUT2D eigenvalue weighted by Crippen LogP contribution is -2.49. The number of piperidine rings is 1. The van der Waals surface area contributed by atoms with E-state index in [0.717, 1.165) is 30.2 Å². The van der Waals surface area contributed by atoms with Crippen LogP contribution in [0.25, 0.3) is 22.2 Å². The van der Waals surface area contributed by atoms with E-state index in [0.29, 0.717) is 42.2 Å². The summed E-state index contributed by atoms with van der Waals surface area (Å²) >= 11 is 0. The number of amides is 3. The van der Waals surface area contributed by atoms with E-state index in [9.17, 15) is 27.6 Å². The van der Waals surface area contributed by atoms with E-state index in [-0.39, 0.29) is 55.6 Å². The normalized spacial score (nSPS) is 22.8. The number of rotatable bonds is 15. The van der Waals surface area contributed by atoms with Crippen molar-refractivity contribution in [3.8, 4) is 22.8 Å². The summed E-state index contributed by atoms with van der Waals surface area (Å²) in [7, 11) is -2.32. The van der Waals surface area contributed by atoms with Crippen molar-refractivity contribution in [3.63, 3.8) is 0 Å². The molecule has 2 aromatic carbocycles. The second kappa shape index (κ2) is 17.0. The molecule has 57 heavy (non-hydrogen) atoms. The van der Waals surface area contributed by atoms with Crippen LogP contribution in [0.15, 0.2) is 67.3 Å². The number of pyridine rings is 1. The van der Waals surface area contributed by atoms with Crippen LogP contribution in [0.4, 0.5) is 0 Å². The van der Waals surface area contributed by atoms with Crippen molar-refractivity contribution in [2.75, 3.05) is 32.5 Å². The van der Waals surface area contributed by atoms with Crippen LogP contribution in [0, 0.1) is 22.7 Å². The first-order chi connectivity index (χ1) is 27.1. The zero-order valence-corrected chi connectivity index (χ0v) is 34.6. The van der Waals surface area contributed by atoms with E-state index in [1.807, 2.05) is 80.3 Å². The molecule has 6 rings (SSSR count). The number of likely N-dealkylation sites (tertiary alicyclic amines) is 2. The summed E-state index contributed by atoms with van der Waals surface area (Å²) in [6.07, 6.45) is 4.29. The maximum absolute atomic E-state index is 14.9. The van der Waals surface area contributed by atoms with Gasteiger partial charge in [-0.1, -0.05) is 64.1 Å². The number of sulfonamides is 1. The number of methoxy groups -OCH3 is 1. The Morgan fingerprint density at radius 2 is 1.77 bits per heavy atom. The molecule has 0 bridgehead atoms. The number of nitrogens with zero attached hydrogens (tertiary/aromatic N) is 3. The fraction of sp³-hybridized carbons (Fsp3) is 0.523. The summed E-state index contributed by atoms with van der Waals surface area (Å²) in [5, 5.41) is 0.721. The first-order valence-electron chi connectivity index (χ1n) is 20.1. The van der Waals surface area contributed by atoms with E-state index in [2.05, 4.69) is 11.3 Å². The Balaban J connectivity index is 1.34. The van der Waals surface area contributed by atoms with Gasteiger partial charge in [0.1, 0.15) is 17.6 Å².